The molecular weight excluding hydrogens is 186 g/mol. The molecule has 1 aromatic rings. The molecule has 0 aliphatic carbocycles. The molecule has 15 heavy (non-hydrogen) atoms. The molecule has 0 spiro atoms. The van der Waals surface area contributed by atoms with Gasteiger partial charge < -0.3 is 10.1 Å². The average molecular weight is 207 g/mol. The molecule has 1 N–H and O–H groups in total. The Morgan fingerprint density at radius 3 is 2.73 bits per heavy atom. The van der Waals surface area contributed by atoms with Crippen molar-refractivity contribution in [3.63, 3.8) is 0 Å². The zero-order valence-corrected chi connectivity index (χ0v) is 9.97. The zero-order valence-electron chi connectivity index (χ0n) is 9.97. The summed E-state index contributed by atoms with van der Waals surface area (Å²) in [5, 5.41) is 3.16. The van der Waals surface area contributed by atoms with Gasteiger partial charge >= 0.3 is 0 Å². The normalized spacial score (nSPS) is 10.3. The highest BCUT2D eigenvalue weighted by Crippen LogP contribution is 2.17. The predicted octanol–water partition coefficient (Wildman–Crippen LogP) is 2.55. The molecule has 0 aromatic heterocycles. The fraction of sp³-hybridized carbons (Fsp3) is 0.538. The van der Waals surface area contributed by atoms with Gasteiger partial charge in [0.2, 0.25) is 0 Å². The summed E-state index contributed by atoms with van der Waals surface area (Å²) in [6, 6.07) is 6.35. The molecule has 1 aromatic carbocycles. The van der Waals surface area contributed by atoms with E-state index in [9.17, 15) is 0 Å². The third-order valence-corrected chi connectivity index (χ3v) is 2.43. The average Bonchev–Trinajstić information content (AvgIpc) is 2.25. The molecule has 2 heteroatoms. The first kappa shape index (κ1) is 12.1. The Balaban J connectivity index is 2.61. The van der Waals surface area contributed by atoms with E-state index in [1.165, 1.54) is 11.1 Å². The number of rotatable bonds is 6. The van der Waals surface area contributed by atoms with Crippen LogP contribution in [0.1, 0.15) is 24.5 Å². The quantitative estimate of drug-likeness (QED) is 0.774. The van der Waals surface area contributed by atoms with Crippen molar-refractivity contribution in [2.24, 2.45) is 0 Å². The lowest BCUT2D eigenvalue weighted by atomic mass is 10.1. The third kappa shape index (κ3) is 3.92. The monoisotopic (exact) mass is 207 g/mol. The standard InChI is InChI=1S/C13H21NO/c1-4-9-15-13-6-5-12(7-8-14-3)11(2)10-13/h5-6,10,14H,4,7-9H2,1-3H3. The molecule has 0 bridgehead atoms. The van der Waals surface area contributed by atoms with Crippen molar-refractivity contribution in [2.45, 2.75) is 26.7 Å². The lowest BCUT2D eigenvalue weighted by Crippen LogP contribution is -2.11. The molecule has 2 nitrogen and oxygen atoms in total. The van der Waals surface area contributed by atoms with Crippen molar-refractivity contribution in [3.8, 4) is 5.75 Å². The van der Waals surface area contributed by atoms with Gasteiger partial charge in [-0.2, -0.15) is 0 Å². The van der Waals surface area contributed by atoms with Crippen LogP contribution in [-0.4, -0.2) is 20.2 Å². The van der Waals surface area contributed by atoms with Gasteiger partial charge in [0.05, 0.1) is 6.61 Å². The molecule has 0 atom stereocenters. The Kier molecular flexibility index (Phi) is 5.19. The zero-order chi connectivity index (χ0) is 11.1. The minimum atomic E-state index is 0.801. The van der Waals surface area contributed by atoms with E-state index in [0.29, 0.717) is 0 Å². The van der Waals surface area contributed by atoms with Crippen LogP contribution < -0.4 is 10.1 Å². The molecule has 0 fully saturated rings. The van der Waals surface area contributed by atoms with E-state index < -0.39 is 0 Å². The van der Waals surface area contributed by atoms with Crippen LogP contribution in [0.3, 0.4) is 0 Å². The number of ether oxygens (including phenoxy) is 1. The Bertz CT molecular complexity index is 297. The van der Waals surface area contributed by atoms with E-state index in [0.717, 1.165) is 31.7 Å². The van der Waals surface area contributed by atoms with Crippen molar-refractivity contribution in [2.75, 3.05) is 20.2 Å². The Morgan fingerprint density at radius 1 is 1.33 bits per heavy atom. The van der Waals surface area contributed by atoms with E-state index in [-0.39, 0.29) is 0 Å². The predicted molar refractivity (Wildman–Crippen MR) is 64.6 cm³/mol. The summed E-state index contributed by atoms with van der Waals surface area (Å²) in [5.74, 6) is 0.988. The molecule has 0 unspecified atom stereocenters. The molecule has 0 heterocycles. The summed E-state index contributed by atoms with van der Waals surface area (Å²) >= 11 is 0. The van der Waals surface area contributed by atoms with Crippen LogP contribution in [0.4, 0.5) is 0 Å². The van der Waals surface area contributed by atoms with Crippen molar-refractivity contribution < 1.29 is 4.74 Å². The first-order valence-electron chi connectivity index (χ1n) is 5.65. The summed E-state index contributed by atoms with van der Waals surface area (Å²) in [6.45, 7) is 6.09. The van der Waals surface area contributed by atoms with Gasteiger partial charge in [0, 0.05) is 0 Å². The van der Waals surface area contributed by atoms with Gasteiger partial charge in [0.15, 0.2) is 0 Å². The Morgan fingerprint density at radius 2 is 2.13 bits per heavy atom. The number of hydrogen-bond donors (Lipinski definition) is 1. The SMILES string of the molecule is CCCOc1ccc(CCNC)c(C)c1. The topological polar surface area (TPSA) is 21.3 Å². The second kappa shape index (κ2) is 6.46. The lowest BCUT2D eigenvalue weighted by Gasteiger charge is -2.09. The molecule has 0 saturated carbocycles. The second-order valence-corrected chi connectivity index (χ2v) is 3.79. The Hall–Kier alpha value is -1.02. The molecule has 0 amide bonds. The van der Waals surface area contributed by atoms with Crippen LogP contribution in [-0.2, 0) is 6.42 Å². The molecule has 0 saturated heterocycles. The van der Waals surface area contributed by atoms with Crippen LogP contribution >= 0.6 is 0 Å². The van der Waals surface area contributed by atoms with E-state index in [4.69, 9.17) is 4.74 Å². The van der Waals surface area contributed by atoms with Crippen molar-refractivity contribution in [1.82, 2.24) is 5.32 Å². The van der Waals surface area contributed by atoms with Gasteiger partial charge in [-0.15, -0.1) is 0 Å². The maximum atomic E-state index is 5.58. The summed E-state index contributed by atoms with van der Waals surface area (Å²) in [5.41, 5.74) is 2.71. The lowest BCUT2D eigenvalue weighted by molar-refractivity contribution is 0.317. The molecule has 0 aliphatic heterocycles. The minimum Gasteiger partial charge on any atom is -0.494 e. The van der Waals surface area contributed by atoms with Crippen LogP contribution in [0.2, 0.25) is 0 Å². The fourth-order valence-corrected chi connectivity index (χ4v) is 1.52. The van der Waals surface area contributed by atoms with Gasteiger partial charge in [-0.1, -0.05) is 13.0 Å². The number of hydrogen-bond acceptors (Lipinski definition) is 2. The first-order valence-corrected chi connectivity index (χ1v) is 5.65. The summed E-state index contributed by atoms with van der Waals surface area (Å²) in [6.07, 6.45) is 2.14. The first-order chi connectivity index (χ1) is 7.27. The van der Waals surface area contributed by atoms with E-state index in [2.05, 4.69) is 37.4 Å². The van der Waals surface area contributed by atoms with E-state index in [1.54, 1.807) is 0 Å². The smallest absolute Gasteiger partial charge is 0.119 e. The van der Waals surface area contributed by atoms with Gasteiger partial charge in [0.1, 0.15) is 5.75 Å². The number of aryl methyl sites for hydroxylation is 1. The number of likely N-dealkylation sites (N-methyl/N-ethyl adjacent to an activating group) is 1. The molecule has 0 radical (unpaired) electrons. The van der Waals surface area contributed by atoms with Crippen molar-refractivity contribution in [3.05, 3.63) is 29.3 Å². The molecular formula is C13H21NO. The maximum absolute atomic E-state index is 5.58. The van der Waals surface area contributed by atoms with Gasteiger partial charge in [0.25, 0.3) is 0 Å². The second-order valence-electron chi connectivity index (χ2n) is 3.79. The van der Waals surface area contributed by atoms with Crippen LogP contribution in [0.15, 0.2) is 18.2 Å². The van der Waals surface area contributed by atoms with Crippen LogP contribution in [0.25, 0.3) is 0 Å². The molecule has 1 rings (SSSR count). The third-order valence-electron chi connectivity index (χ3n) is 2.43. The van der Waals surface area contributed by atoms with E-state index in [1.807, 2.05) is 7.05 Å². The minimum absolute atomic E-state index is 0.801. The highest BCUT2D eigenvalue weighted by Gasteiger charge is 2.00. The highest BCUT2D eigenvalue weighted by molar-refractivity contribution is 5.34. The summed E-state index contributed by atoms with van der Waals surface area (Å²) in [4.78, 5) is 0. The molecule has 0 aliphatic rings. The van der Waals surface area contributed by atoms with E-state index >= 15 is 0 Å². The maximum Gasteiger partial charge on any atom is 0.119 e. The number of benzene rings is 1. The largest absolute Gasteiger partial charge is 0.494 e. The summed E-state index contributed by atoms with van der Waals surface area (Å²) < 4.78 is 5.58. The van der Waals surface area contributed by atoms with Gasteiger partial charge in [-0.25, -0.2) is 0 Å². The van der Waals surface area contributed by atoms with Gasteiger partial charge in [-0.3, -0.25) is 0 Å². The number of nitrogens with one attached hydrogen (secondary N) is 1. The van der Waals surface area contributed by atoms with Crippen LogP contribution in [0, 0.1) is 6.92 Å². The Labute approximate surface area is 92.6 Å². The summed E-state index contributed by atoms with van der Waals surface area (Å²) in [7, 11) is 1.98. The highest BCUT2D eigenvalue weighted by atomic mass is 16.5. The van der Waals surface area contributed by atoms with Crippen LogP contribution in [0.5, 0.6) is 5.75 Å². The molecule has 84 valence electrons. The van der Waals surface area contributed by atoms with Gasteiger partial charge in [-0.05, 0) is 56.6 Å². The van der Waals surface area contributed by atoms with Crippen molar-refractivity contribution >= 4 is 0 Å². The van der Waals surface area contributed by atoms with Crippen molar-refractivity contribution in [1.29, 1.82) is 0 Å². The fourth-order valence-electron chi connectivity index (χ4n) is 1.52.